The van der Waals surface area contributed by atoms with Crippen molar-refractivity contribution in [2.24, 2.45) is 29.6 Å². The molecule has 2 N–H and O–H groups in total. The number of rotatable bonds is 1. The highest BCUT2D eigenvalue weighted by Crippen LogP contribution is 2.53. The minimum absolute atomic E-state index is 1.10. The zero-order valence-electron chi connectivity index (χ0n) is 8.80. The molecule has 86 valence electrons. The van der Waals surface area contributed by atoms with E-state index < -0.39 is 5.09 Å². The minimum Gasteiger partial charge on any atom is -0.223 e. The van der Waals surface area contributed by atoms with E-state index in [1.165, 1.54) is 23.7 Å². The van der Waals surface area contributed by atoms with E-state index in [-0.39, 0.29) is 0 Å². The van der Waals surface area contributed by atoms with Gasteiger partial charge in [-0.1, -0.05) is 0 Å². The summed E-state index contributed by atoms with van der Waals surface area (Å²) in [6.07, 6.45) is 9.62. The molecule has 4 aliphatic rings. The summed E-state index contributed by atoms with van der Waals surface area (Å²) in [4.78, 5) is 11.8. The predicted molar refractivity (Wildman–Crippen MR) is 53.9 cm³/mol. The first kappa shape index (κ1) is 10.7. The van der Waals surface area contributed by atoms with Gasteiger partial charge >= 0.3 is 5.09 Å². The van der Waals surface area contributed by atoms with Gasteiger partial charge in [-0.05, 0) is 62.2 Å². The van der Waals surface area contributed by atoms with Gasteiger partial charge < -0.3 is 0 Å². The second kappa shape index (κ2) is 4.35. The van der Waals surface area contributed by atoms with Crippen molar-refractivity contribution in [3.63, 3.8) is 0 Å². The fraction of sp³-hybridized carbons (Fsp3) is 1.00. The Morgan fingerprint density at radius 2 is 1.13 bits per heavy atom. The molecule has 15 heavy (non-hydrogen) atoms. The SMILES string of the molecule is C1C2CC3CC1CC(C2)C3.NO[N+](=O)[O-]. The van der Waals surface area contributed by atoms with Crippen molar-refractivity contribution in [3.05, 3.63) is 10.1 Å². The quantitative estimate of drug-likeness (QED) is 0.534. The average Bonchev–Trinajstić information content (AvgIpc) is 2.16. The van der Waals surface area contributed by atoms with E-state index in [4.69, 9.17) is 10.1 Å². The maximum absolute atomic E-state index is 8.83. The van der Waals surface area contributed by atoms with Crippen LogP contribution in [0.5, 0.6) is 0 Å². The topological polar surface area (TPSA) is 78.4 Å². The van der Waals surface area contributed by atoms with Crippen LogP contribution >= 0.6 is 0 Å². The molecular formula is C10H18N2O3. The predicted octanol–water partition coefficient (Wildman–Crippen LogP) is 1.90. The van der Waals surface area contributed by atoms with E-state index in [1.807, 2.05) is 0 Å². The van der Waals surface area contributed by atoms with Gasteiger partial charge in [0.25, 0.3) is 0 Å². The highest BCUT2D eigenvalue weighted by molar-refractivity contribution is 4.92. The van der Waals surface area contributed by atoms with Crippen LogP contribution in [0.15, 0.2) is 0 Å². The molecule has 0 heterocycles. The fourth-order valence-electron chi connectivity index (χ4n) is 3.98. The second-order valence-corrected chi connectivity index (χ2v) is 5.21. The van der Waals surface area contributed by atoms with Crippen LogP contribution in [-0.2, 0) is 4.94 Å². The lowest BCUT2D eigenvalue weighted by molar-refractivity contribution is -0.762. The lowest BCUT2D eigenvalue weighted by atomic mass is 9.56. The first-order valence-electron chi connectivity index (χ1n) is 5.68. The molecule has 0 aromatic rings. The Morgan fingerprint density at radius 3 is 1.27 bits per heavy atom. The summed E-state index contributed by atoms with van der Waals surface area (Å²) in [6.45, 7) is 0. The van der Waals surface area contributed by atoms with E-state index in [1.54, 1.807) is 38.5 Å². The first-order valence-corrected chi connectivity index (χ1v) is 5.68. The third-order valence-corrected chi connectivity index (χ3v) is 4.09. The molecule has 4 fully saturated rings. The Balaban J connectivity index is 0.000000149. The Hall–Kier alpha value is -0.840. The number of nitrogens with zero attached hydrogens (tertiary/aromatic N) is 1. The van der Waals surface area contributed by atoms with Crippen molar-refractivity contribution in [2.75, 3.05) is 0 Å². The van der Waals surface area contributed by atoms with E-state index in [2.05, 4.69) is 10.8 Å². The summed E-state index contributed by atoms with van der Waals surface area (Å²) in [5.74, 6) is 8.68. The van der Waals surface area contributed by atoms with Crippen LogP contribution in [0.1, 0.15) is 38.5 Å². The molecule has 4 saturated carbocycles. The van der Waals surface area contributed by atoms with Crippen LogP contribution in [0.25, 0.3) is 0 Å². The first-order chi connectivity index (χ1) is 7.17. The second-order valence-electron chi connectivity index (χ2n) is 5.21. The number of hydrogen-bond acceptors (Lipinski definition) is 4. The van der Waals surface area contributed by atoms with E-state index in [0.29, 0.717) is 0 Å². The lowest BCUT2D eigenvalue weighted by Gasteiger charge is -2.49. The smallest absolute Gasteiger partial charge is 0.223 e. The molecule has 0 spiro atoms. The normalized spacial score (nSPS) is 40.6. The van der Waals surface area contributed by atoms with Gasteiger partial charge in [-0.15, -0.1) is 10.1 Å². The molecule has 0 radical (unpaired) electrons. The van der Waals surface area contributed by atoms with E-state index in [9.17, 15) is 0 Å². The Bertz CT molecular complexity index is 188. The van der Waals surface area contributed by atoms with Crippen LogP contribution in [0.3, 0.4) is 0 Å². The van der Waals surface area contributed by atoms with E-state index in [0.717, 1.165) is 0 Å². The largest absolute Gasteiger partial charge is 0.311 e. The van der Waals surface area contributed by atoms with Gasteiger partial charge in [0.05, 0.1) is 0 Å². The van der Waals surface area contributed by atoms with Gasteiger partial charge in [-0.25, -0.2) is 4.94 Å². The van der Waals surface area contributed by atoms with Crippen LogP contribution < -0.4 is 5.90 Å². The monoisotopic (exact) mass is 214 g/mol. The number of nitrogens with two attached hydrogens (primary N) is 1. The summed E-state index contributed by atoms with van der Waals surface area (Å²) in [7, 11) is 0. The van der Waals surface area contributed by atoms with Crippen molar-refractivity contribution in [1.29, 1.82) is 0 Å². The molecule has 0 aromatic heterocycles. The summed E-state index contributed by atoms with van der Waals surface area (Å²) < 4.78 is 0. The van der Waals surface area contributed by atoms with Gasteiger partial charge in [0.2, 0.25) is 0 Å². The molecule has 4 aliphatic carbocycles. The Labute approximate surface area is 89.0 Å². The van der Waals surface area contributed by atoms with Crippen LogP contribution in [-0.4, -0.2) is 5.09 Å². The molecule has 4 bridgehead atoms. The molecule has 0 aromatic carbocycles. The zero-order valence-corrected chi connectivity index (χ0v) is 8.80. The molecule has 4 rings (SSSR count). The molecule has 0 aliphatic heterocycles. The van der Waals surface area contributed by atoms with Crippen molar-refractivity contribution in [1.82, 2.24) is 0 Å². The Morgan fingerprint density at radius 1 is 0.933 bits per heavy atom. The highest BCUT2D eigenvalue weighted by atomic mass is 17.0. The van der Waals surface area contributed by atoms with Gasteiger partial charge in [0, 0.05) is 0 Å². The fourth-order valence-corrected chi connectivity index (χ4v) is 3.98. The molecular weight excluding hydrogens is 196 g/mol. The summed E-state index contributed by atoms with van der Waals surface area (Å²) in [5.41, 5.74) is 0. The molecule has 0 amide bonds. The van der Waals surface area contributed by atoms with Crippen LogP contribution in [0.4, 0.5) is 0 Å². The van der Waals surface area contributed by atoms with Gasteiger partial charge in [-0.2, -0.15) is 5.90 Å². The summed E-state index contributed by atoms with van der Waals surface area (Å²) >= 11 is 0. The average molecular weight is 214 g/mol. The summed E-state index contributed by atoms with van der Waals surface area (Å²) in [5, 5.41) is 7.73. The lowest BCUT2D eigenvalue weighted by Crippen LogP contribution is -2.38. The molecule has 5 heteroatoms. The molecule has 0 unspecified atom stereocenters. The minimum atomic E-state index is -1.10. The molecule has 0 atom stereocenters. The van der Waals surface area contributed by atoms with Gasteiger partial charge in [0.1, 0.15) is 0 Å². The van der Waals surface area contributed by atoms with E-state index >= 15 is 0 Å². The third-order valence-electron chi connectivity index (χ3n) is 4.09. The van der Waals surface area contributed by atoms with Crippen molar-refractivity contribution in [2.45, 2.75) is 38.5 Å². The van der Waals surface area contributed by atoms with Crippen LogP contribution in [0.2, 0.25) is 0 Å². The maximum atomic E-state index is 8.83. The van der Waals surface area contributed by atoms with Crippen molar-refractivity contribution >= 4 is 0 Å². The van der Waals surface area contributed by atoms with Crippen molar-refractivity contribution < 1.29 is 10.0 Å². The standard InChI is InChI=1S/C10H16.H2N2O3/c1-7-2-9-4-8(1)5-10(3-7)6-9;1-5-2(3)4/h7-10H,1-6H2;1H2. The van der Waals surface area contributed by atoms with Crippen LogP contribution in [0, 0.1) is 33.8 Å². The van der Waals surface area contributed by atoms with Gasteiger partial charge in [0.15, 0.2) is 0 Å². The van der Waals surface area contributed by atoms with Gasteiger partial charge in [-0.3, -0.25) is 0 Å². The molecule has 5 nitrogen and oxygen atoms in total. The molecule has 0 saturated heterocycles. The van der Waals surface area contributed by atoms with Crippen molar-refractivity contribution in [3.8, 4) is 0 Å². The zero-order chi connectivity index (χ0) is 10.8. The number of hydrogen-bond donors (Lipinski definition) is 1. The maximum Gasteiger partial charge on any atom is 0.311 e. The summed E-state index contributed by atoms with van der Waals surface area (Å²) in [6, 6.07) is 0. The Kier molecular flexibility index (Phi) is 3.09. The highest BCUT2D eigenvalue weighted by Gasteiger charge is 2.41. The third kappa shape index (κ3) is 2.59.